The summed E-state index contributed by atoms with van der Waals surface area (Å²) in [6, 6.07) is 0.654. The van der Waals surface area contributed by atoms with E-state index < -0.39 is 0 Å². The number of thiazole rings is 1. The SMILES string of the molecule is CCN1CCCC1CN(CCO)Cc1nccs1. The van der Waals surface area contributed by atoms with E-state index in [1.807, 2.05) is 11.6 Å². The summed E-state index contributed by atoms with van der Waals surface area (Å²) in [6.07, 6.45) is 4.45. The van der Waals surface area contributed by atoms with Gasteiger partial charge in [-0.25, -0.2) is 4.98 Å². The molecule has 0 spiro atoms. The van der Waals surface area contributed by atoms with Crippen LogP contribution in [-0.2, 0) is 6.54 Å². The van der Waals surface area contributed by atoms with Crippen molar-refractivity contribution in [2.45, 2.75) is 32.4 Å². The first-order valence-corrected chi connectivity index (χ1v) is 7.67. The molecule has 1 N–H and O–H groups in total. The van der Waals surface area contributed by atoms with Gasteiger partial charge in [0, 0.05) is 30.7 Å². The zero-order valence-corrected chi connectivity index (χ0v) is 11.9. The smallest absolute Gasteiger partial charge is 0.107 e. The predicted molar refractivity (Wildman–Crippen MR) is 74.7 cm³/mol. The first-order chi connectivity index (χ1) is 8.83. The van der Waals surface area contributed by atoms with Crippen LogP contribution in [-0.4, -0.2) is 58.7 Å². The highest BCUT2D eigenvalue weighted by Crippen LogP contribution is 2.18. The molecule has 1 saturated heterocycles. The van der Waals surface area contributed by atoms with Crippen molar-refractivity contribution >= 4 is 11.3 Å². The number of likely N-dealkylation sites (tertiary alicyclic amines) is 1. The lowest BCUT2D eigenvalue weighted by Gasteiger charge is -2.29. The van der Waals surface area contributed by atoms with E-state index in [2.05, 4.69) is 21.7 Å². The van der Waals surface area contributed by atoms with E-state index in [1.165, 1.54) is 19.4 Å². The van der Waals surface area contributed by atoms with Crippen LogP contribution >= 0.6 is 11.3 Å². The Morgan fingerprint density at radius 1 is 1.61 bits per heavy atom. The van der Waals surface area contributed by atoms with Gasteiger partial charge in [0.2, 0.25) is 0 Å². The van der Waals surface area contributed by atoms with Gasteiger partial charge in [-0.1, -0.05) is 6.92 Å². The minimum Gasteiger partial charge on any atom is -0.395 e. The lowest BCUT2D eigenvalue weighted by atomic mass is 10.2. The summed E-state index contributed by atoms with van der Waals surface area (Å²) in [6.45, 7) is 7.48. The molecule has 0 amide bonds. The Balaban J connectivity index is 1.89. The molecule has 0 aromatic carbocycles. The van der Waals surface area contributed by atoms with Crippen molar-refractivity contribution in [2.75, 3.05) is 32.8 Å². The Bertz CT molecular complexity index is 331. The molecule has 0 saturated carbocycles. The maximum absolute atomic E-state index is 9.19. The van der Waals surface area contributed by atoms with Crippen molar-refractivity contribution in [3.8, 4) is 0 Å². The Morgan fingerprint density at radius 3 is 3.17 bits per heavy atom. The Morgan fingerprint density at radius 2 is 2.50 bits per heavy atom. The summed E-state index contributed by atoms with van der Waals surface area (Å²) >= 11 is 1.69. The topological polar surface area (TPSA) is 39.6 Å². The van der Waals surface area contributed by atoms with Crippen LogP contribution in [0.2, 0.25) is 0 Å². The quantitative estimate of drug-likeness (QED) is 0.813. The van der Waals surface area contributed by atoms with Crippen LogP contribution in [0.3, 0.4) is 0 Å². The molecule has 18 heavy (non-hydrogen) atoms. The van der Waals surface area contributed by atoms with Crippen LogP contribution in [0.4, 0.5) is 0 Å². The fourth-order valence-corrected chi connectivity index (χ4v) is 3.37. The fraction of sp³-hybridized carbons (Fsp3) is 0.769. The van der Waals surface area contributed by atoms with Crippen molar-refractivity contribution in [3.05, 3.63) is 16.6 Å². The second-order valence-corrected chi connectivity index (χ2v) is 5.79. The summed E-state index contributed by atoms with van der Waals surface area (Å²) in [4.78, 5) is 9.21. The molecule has 1 aromatic rings. The number of hydrogen-bond acceptors (Lipinski definition) is 5. The molecule has 1 atom stereocenters. The van der Waals surface area contributed by atoms with Crippen molar-refractivity contribution in [1.82, 2.24) is 14.8 Å². The van der Waals surface area contributed by atoms with Crippen LogP contribution < -0.4 is 0 Å². The Kier molecular flexibility index (Phi) is 5.56. The normalized spacial score (nSPS) is 20.9. The van der Waals surface area contributed by atoms with E-state index in [0.29, 0.717) is 6.04 Å². The average molecular weight is 269 g/mol. The van der Waals surface area contributed by atoms with E-state index >= 15 is 0 Å². The largest absolute Gasteiger partial charge is 0.395 e. The molecule has 1 aliphatic heterocycles. The number of aliphatic hydroxyl groups is 1. The van der Waals surface area contributed by atoms with Gasteiger partial charge in [-0.05, 0) is 25.9 Å². The molecule has 1 aliphatic rings. The summed E-state index contributed by atoms with van der Waals surface area (Å²) in [5, 5.41) is 12.3. The van der Waals surface area contributed by atoms with Gasteiger partial charge in [0.1, 0.15) is 5.01 Å². The number of nitrogens with zero attached hydrogens (tertiary/aromatic N) is 3. The highest BCUT2D eigenvalue weighted by molar-refractivity contribution is 7.09. The van der Waals surface area contributed by atoms with Gasteiger partial charge in [-0.3, -0.25) is 9.80 Å². The highest BCUT2D eigenvalue weighted by Gasteiger charge is 2.25. The van der Waals surface area contributed by atoms with E-state index in [4.69, 9.17) is 0 Å². The number of aromatic nitrogens is 1. The zero-order chi connectivity index (χ0) is 12.8. The standard InChI is InChI=1S/C13H23N3OS/c1-2-16-6-3-4-12(16)10-15(7-8-17)11-13-14-5-9-18-13/h5,9,12,17H,2-4,6-8,10-11H2,1H3. The van der Waals surface area contributed by atoms with Crippen molar-refractivity contribution in [2.24, 2.45) is 0 Å². The summed E-state index contributed by atoms with van der Waals surface area (Å²) < 4.78 is 0. The van der Waals surface area contributed by atoms with Crippen LogP contribution in [0.5, 0.6) is 0 Å². The Labute approximate surface area is 113 Å². The van der Waals surface area contributed by atoms with Crippen molar-refractivity contribution < 1.29 is 5.11 Å². The zero-order valence-electron chi connectivity index (χ0n) is 11.1. The van der Waals surface area contributed by atoms with Gasteiger partial charge < -0.3 is 5.11 Å². The number of likely N-dealkylation sites (N-methyl/N-ethyl adjacent to an activating group) is 1. The van der Waals surface area contributed by atoms with E-state index in [-0.39, 0.29) is 6.61 Å². The minimum absolute atomic E-state index is 0.226. The summed E-state index contributed by atoms with van der Waals surface area (Å²) in [5.41, 5.74) is 0. The molecule has 102 valence electrons. The molecule has 2 rings (SSSR count). The molecule has 4 nitrogen and oxygen atoms in total. The van der Waals surface area contributed by atoms with Crippen molar-refractivity contribution in [3.63, 3.8) is 0 Å². The number of rotatable bonds is 7. The first kappa shape index (κ1) is 13.9. The molecule has 0 bridgehead atoms. The third-order valence-corrected chi connectivity index (χ3v) is 4.40. The van der Waals surface area contributed by atoms with E-state index in [1.54, 1.807) is 11.3 Å². The van der Waals surface area contributed by atoms with Gasteiger partial charge in [0.25, 0.3) is 0 Å². The molecule has 0 aliphatic carbocycles. The molecule has 1 aromatic heterocycles. The third-order valence-electron chi connectivity index (χ3n) is 3.63. The molecular formula is C13H23N3OS. The molecular weight excluding hydrogens is 246 g/mol. The second-order valence-electron chi connectivity index (χ2n) is 4.81. The maximum Gasteiger partial charge on any atom is 0.107 e. The third kappa shape index (κ3) is 3.75. The number of aliphatic hydroxyl groups excluding tert-OH is 1. The molecule has 1 unspecified atom stereocenters. The van der Waals surface area contributed by atoms with Crippen LogP contribution in [0.25, 0.3) is 0 Å². The predicted octanol–water partition coefficient (Wildman–Crippen LogP) is 1.42. The maximum atomic E-state index is 9.19. The summed E-state index contributed by atoms with van der Waals surface area (Å²) in [5.74, 6) is 0. The highest BCUT2D eigenvalue weighted by atomic mass is 32.1. The second kappa shape index (κ2) is 7.19. The van der Waals surface area contributed by atoms with E-state index in [9.17, 15) is 5.11 Å². The minimum atomic E-state index is 0.226. The monoisotopic (exact) mass is 269 g/mol. The van der Waals surface area contributed by atoms with Gasteiger partial charge >= 0.3 is 0 Å². The fourth-order valence-electron chi connectivity index (χ4n) is 2.71. The van der Waals surface area contributed by atoms with Crippen LogP contribution in [0.15, 0.2) is 11.6 Å². The average Bonchev–Trinajstić information content (AvgIpc) is 3.00. The first-order valence-electron chi connectivity index (χ1n) is 6.79. The molecule has 1 fully saturated rings. The van der Waals surface area contributed by atoms with Crippen LogP contribution in [0, 0.1) is 0 Å². The lowest BCUT2D eigenvalue weighted by molar-refractivity contribution is 0.143. The summed E-state index contributed by atoms with van der Waals surface area (Å²) in [7, 11) is 0. The van der Waals surface area contributed by atoms with Gasteiger partial charge in [0.05, 0.1) is 13.2 Å². The lowest BCUT2D eigenvalue weighted by Crippen LogP contribution is -2.41. The Hall–Kier alpha value is -0.490. The molecule has 5 heteroatoms. The number of hydrogen-bond donors (Lipinski definition) is 1. The van der Waals surface area contributed by atoms with E-state index in [0.717, 1.165) is 31.2 Å². The molecule has 2 heterocycles. The van der Waals surface area contributed by atoms with Crippen LogP contribution in [0.1, 0.15) is 24.8 Å². The molecule has 0 radical (unpaired) electrons. The van der Waals surface area contributed by atoms with Gasteiger partial charge in [-0.15, -0.1) is 11.3 Å². The van der Waals surface area contributed by atoms with Gasteiger partial charge in [0.15, 0.2) is 0 Å². The van der Waals surface area contributed by atoms with Gasteiger partial charge in [-0.2, -0.15) is 0 Å². The van der Waals surface area contributed by atoms with Crippen molar-refractivity contribution in [1.29, 1.82) is 0 Å².